The van der Waals surface area contributed by atoms with E-state index >= 15 is 0 Å². The topological polar surface area (TPSA) is 91.7 Å². The summed E-state index contributed by atoms with van der Waals surface area (Å²) in [5.41, 5.74) is 1.49. The average Bonchev–Trinajstić information content (AvgIpc) is 2.85. The molecule has 174 valence electrons. The third-order valence-electron chi connectivity index (χ3n) is 5.09. The first-order valence-electron chi connectivity index (χ1n) is 10.8. The van der Waals surface area contributed by atoms with Crippen LogP contribution in [-0.4, -0.2) is 36.3 Å². The van der Waals surface area contributed by atoms with Gasteiger partial charge in [0.1, 0.15) is 29.6 Å². The molecule has 1 N–H and O–H groups in total. The molecule has 8 heteroatoms. The third kappa shape index (κ3) is 6.12. The summed E-state index contributed by atoms with van der Waals surface area (Å²) in [5, 5.41) is 3.12. The fraction of sp³-hybridized carbons (Fsp3) is 0.320. The number of nitrogens with zero attached hydrogens (tertiary/aromatic N) is 2. The maximum absolute atomic E-state index is 13.3. The Labute approximate surface area is 193 Å². The Morgan fingerprint density at radius 2 is 1.88 bits per heavy atom. The van der Waals surface area contributed by atoms with Crippen molar-refractivity contribution in [2.24, 2.45) is 0 Å². The minimum Gasteiger partial charge on any atom is -0.497 e. The van der Waals surface area contributed by atoms with Crippen LogP contribution in [0.25, 0.3) is 11.4 Å². The molecule has 1 heterocycles. The van der Waals surface area contributed by atoms with E-state index in [-0.39, 0.29) is 17.8 Å². The third-order valence-corrected chi connectivity index (χ3v) is 5.09. The maximum Gasteiger partial charge on any atom is 0.326 e. The van der Waals surface area contributed by atoms with E-state index in [1.165, 1.54) is 10.8 Å². The van der Waals surface area contributed by atoms with E-state index in [0.717, 1.165) is 24.0 Å². The number of benzene rings is 2. The van der Waals surface area contributed by atoms with Crippen molar-refractivity contribution < 1.29 is 19.0 Å². The predicted molar refractivity (Wildman–Crippen MR) is 127 cm³/mol. The summed E-state index contributed by atoms with van der Waals surface area (Å²) in [6.45, 7) is 2.45. The van der Waals surface area contributed by atoms with Crippen LogP contribution in [0.5, 0.6) is 11.5 Å². The van der Waals surface area contributed by atoms with Gasteiger partial charge in [0, 0.05) is 23.7 Å². The molecule has 2 aromatic carbocycles. The number of ether oxygens (including phenoxy) is 3. The van der Waals surface area contributed by atoms with Crippen molar-refractivity contribution in [2.45, 2.75) is 32.9 Å². The highest BCUT2D eigenvalue weighted by atomic mass is 16.5. The van der Waals surface area contributed by atoms with Gasteiger partial charge in [-0.05, 0) is 18.6 Å². The summed E-state index contributed by atoms with van der Waals surface area (Å²) in [6, 6.07) is 14.7. The van der Waals surface area contributed by atoms with Crippen molar-refractivity contribution in [3.8, 4) is 22.9 Å². The largest absolute Gasteiger partial charge is 0.497 e. The lowest BCUT2D eigenvalue weighted by Gasteiger charge is -2.15. The van der Waals surface area contributed by atoms with Gasteiger partial charge in [-0.1, -0.05) is 43.7 Å². The summed E-state index contributed by atoms with van der Waals surface area (Å²) in [6.07, 6.45) is 3.17. The number of anilines is 1. The highest BCUT2D eigenvalue weighted by Crippen LogP contribution is 2.25. The van der Waals surface area contributed by atoms with E-state index < -0.39 is 5.97 Å². The van der Waals surface area contributed by atoms with Crippen molar-refractivity contribution in [1.82, 2.24) is 9.55 Å². The Bertz CT molecular complexity index is 1130. The van der Waals surface area contributed by atoms with Gasteiger partial charge in [-0.3, -0.25) is 14.2 Å². The van der Waals surface area contributed by atoms with E-state index in [2.05, 4.69) is 10.3 Å². The number of methoxy groups -OCH3 is 2. The van der Waals surface area contributed by atoms with Crippen molar-refractivity contribution in [1.29, 1.82) is 0 Å². The molecule has 0 unspecified atom stereocenters. The van der Waals surface area contributed by atoms with Gasteiger partial charge in [0.05, 0.1) is 27.0 Å². The molecule has 33 heavy (non-hydrogen) atoms. The molecule has 0 saturated heterocycles. The summed E-state index contributed by atoms with van der Waals surface area (Å²) >= 11 is 0. The van der Waals surface area contributed by atoms with Crippen LogP contribution in [0.2, 0.25) is 0 Å². The molecule has 0 spiro atoms. The molecule has 1 aromatic heterocycles. The second-order valence-electron chi connectivity index (χ2n) is 7.36. The fourth-order valence-corrected chi connectivity index (χ4v) is 3.27. The molecule has 0 aliphatic rings. The Hall–Kier alpha value is -3.81. The Balaban J connectivity index is 1.89. The lowest BCUT2D eigenvalue weighted by molar-refractivity contribution is -0.144. The quantitative estimate of drug-likeness (QED) is 0.349. The SMILES string of the molecule is CCCCOC(=O)Cn1c(-c2ccccc2)ncc(NCc2ccc(OC)cc2OC)c1=O. The van der Waals surface area contributed by atoms with Gasteiger partial charge in [0.2, 0.25) is 0 Å². The van der Waals surface area contributed by atoms with Crippen LogP contribution in [0.4, 0.5) is 5.69 Å². The molecule has 0 saturated carbocycles. The number of hydrogen-bond acceptors (Lipinski definition) is 7. The van der Waals surface area contributed by atoms with Gasteiger partial charge in [-0.25, -0.2) is 4.98 Å². The summed E-state index contributed by atoms with van der Waals surface area (Å²) in [5.74, 6) is 1.24. The van der Waals surface area contributed by atoms with E-state index in [1.54, 1.807) is 20.3 Å². The van der Waals surface area contributed by atoms with Crippen molar-refractivity contribution in [2.75, 3.05) is 26.1 Å². The first kappa shape index (κ1) is 23.8. The van der Waals surface area contributed by atoms with E-state index in [0.29, 0.717) is 30.5 Å². The fourth-order valence-electron chi connectivity index (χ4n) is 3.27. The van der Waals surface area contributed by atoms with Gasteiger partial charge in [-0.2, -0.15) is 0 Å². The second-order valence-corrected chi connectivity index (χ2v) is 7.36. The standard InChI is InChI=1S/C25H29N3O5/c1-4-5-13-33-23(29)17-28-24(18-9-7-6-8-10-18)27-16-21(25(28)30)26-15-19-11-12-20(31-2)14-22(19)32-3/h6-12,14,16,26H,4-5,13,15,17H2,1-3H3. The van der Waals surface area contributed by atoms with Crippen LogP contribution >= 0.6 is 0 Å². The van der Waals surface area contributed by atoms with Gasteiger partial charge in [0.25, 0.3) is 5.56 Å². The zero-order valence-corrected chi connectivity index (χ0v) is 19.2. The molecule has 0 atom stereocenters. The van der Waals surface area contributed by atoms with Gasteiger partial charge < -0.3 is 19.5 Å². The number of unbranched alkanes of at least 4 members (excludes halogenated alkanes) is 1. The smallest absolute Gasteiger partial charge is 0.326 e. The predicted octanol–water partition coefficient (Wildman–Crippen LogP) is 3.88. The highest BCUT2D eigenvalue weighted by Gasteiger charge is 2.16. The van der Waals surface area contributed by atoms with E-state index in [4.69, 9.17) is 14.2 Å². The molecule has 8 nitrogen and oxygen atoms in total. The molecular formula is C25H29N3O5. The summed E-state index contributed by atoms with van der Waals surface area (Å²) < 4.78 is 17.3. The molecule has 0 amide bonds. The van der Waals surface area contributed by atoms with Crippen LogP contribution < -0.4 is 20.3 Å². The number of rotatable bonds is 11. The summed E-state index contributed by atoms with van der Waals surface area (Å²) in [4.78, 5) is 30.2. The number of nitrogens with one attached hydrogen (secondary N) is 1. The minimum atomic E-state index is -0.474. The van der Waals surface area contributed by atoms with E-state index in [9.17, 15) is 9.59 Å². The normalized spacial score (nSPS) is 10.5. The van der Waals surface area contributed by atoms with Crippen LogP contribution in [0, 0.1) is 0 Å². The molecule has 0 aliphatic heterocycles. The summed E-state index contributed by atoms with van der Waals surface area (Å²) in [7, 11) is 3.16. The first-order valence-corrected chi connectivity index (χ1v) is 10.8. The molecule has 3 rings (SSSR count). The highest BCUT2D eigenvalue weighted by molar-refractivity contribution is 5.70. The zero-order chi connectivity index (χ0) is 23.6. The molecule has 3 aromatic rings. The number of carbonyl (C=O) groups is 1. The Morgan fingerprint density at radius 1 is 1.09 bits per heavy atom. The molecule has 0 aliphatic carbocycles. The van der Waals surface area contributed by atoms with Crippen molar-refractivity contribution in [3.05, 3.63) is 70.6 Å². The molecule has 0 fully saturated rings. The second kappa shape index (κ2) is 11.7. The van der Waals surface area contributed by atoms with Crippen molar-refractivity contribution >= 4 is 11.7 Å². The average molecular weight is 452 g/mol. The number of hydrogen-bond donors (Lipinski definition) is 1. The van der Waals surface area contributed by atoms with Crippen LogP contribution in [0.3, 0.4) is 0 Å². The molecular weight excluding hydrogens is 422 g/mol. The lowest BCUT2D eigenvalue weighted by atomic mass is 10.2. The lowest BCUT2D eigenvalue weighted by Crippen LogP contribution is -2.30. The van der Waals surface area contributed by atoms with Crippen LogP contribution in [-0.2, 0) is 22.6 Å². The first-order chi connectivity index (χ1) is 16.1. The molecule has 0 radical (unpaired) electrons. The monoisotopic (exact) mass is 451 g/mol. The minimum absolute atomic E-state index is 0.221. The number of carbonyl (C=O) groups excluding carboxylic acids is 1. The van der Waals surface area contributed by atoms with Crippen LogP contribution in [0.15, 0.2) is 59.5 Å². The van der Waals surface area contributed by atoms with Gasteiger partial charge >= 0.3 is 5.97 Å². The van der Waals surface area contributed by atoms with E-state index in [1.807, 2.05) is 49.4 Å². The van der Waals surface area contributed by atoms with Crippen LogP contribution in [0.1, 0.15) is 25.3 Å². The van der Waals surface area contributed by atoms with Gasteiger partial charge in [0.15, 0.2) is 0 Å². The molecule has 0 bridgehead atoms. The Morgan fingerprint density at radius 3 is 2.58 bits per heavy atom. The Kier molecular flexibility index (Phi) is 8.46. The van der Waals surface area contributed by atoms with Gasteiger partial charge in [-0.15, -0.1) is 0 Å². The maximum atomic E-state index is 13.3. The van der Waals surface area contributed by atoms with Crippen molar-refractivity contribution in [3.63, 3.8) is 0 Å². The number of aromatic nitrogens is 2. The zero-order valence-electron chi connectivity index (χ0n) is 19.2. The number of esters is 1.